The largest absolute Gasteiger partial charge is 0.369 e. The summed E-state index contributed by atoms with van der Waals surface area (Å²) in [6, 6.07) is 0. The van der Waals surface area contributed by atoms with Gasteiger partial charge >= 0.3 is 0 Å². The van der Waals surface area contributed by atoms with Gasteiger partial charge in [0.1, 0.15) is 0 Å². The Balaban J connectivity index is 1.99. The zero-order chi connectivity index (χ0) is 13.1. The molecule has 0 unspecified atom stereocenters. The van der Waals surface area contributed by atoms with Crippen LogP contribution < -0.4 is 5.73 Å². The maximum Gasteiger partial charge on any atom is 0.223 e. The van der Waals surface area contributed by atoms with Crippen molar-refractivity contribution < 1.29 is 9.32 Å². The highest BCUT2D eigenvalue weighted by Gasteiger charge is 2.11. The van der Waals surface area contributed by atoms with Gasteiger partial charge in [0.2, 0.25) is 11.8 Å². The van der Waals surface area contributed by atoms with Gasteiger partial charge < -0.3 is 10.3 Å². The summed E-state index contributed by atoms with van der Waals surface area (Å²) in [6.07, 6.45) is 0.241. The average molecular weight is 284 g/mol. The van der Waals surface area contributed by atoms with Crippen molar-refractivity contribution in [1.29, 1.82) is 0 Å². The van der Waals surface area contributed by atoms with Gasteiger partial charge in [-0.05, 0) is 6.92 Å². The molecule has 0 spiro atoms. The first-order chi connectivity index (χ1) is 8.54. The third kappa shape index (κ3) is 3.30. The van der Waals surface area contributed by atoms with Gasteiger partial charge in [0.05, 0.1) is 17.9 Å². The van der Waals surface area contributed by atoms with E-state index < -0.39 is 0 Å². The lowest BCUT2D eigenvalue weighted by atomic mass is 10.3. The second-order valence-electron chi connectivity index (χ2n) is 3.65. The summed E-state index contributed by atoms with van der Waals surface area (Å²) in [6.45, 7) is 3.62. The Bertz CT molecular complexity index is 564. The Morgan fingerprint density at radius 2 is 2.22 bits per heavy atom. The molecule has 0 aromatic carbocycles. The molecule has 2 rings (SSSR count). The summed E-state index contributed by atoms with van der Waals surface area (Å²) in [5.74, 6) is 1.45. The van der Waals surface area contributed by atoms with Crippen LogP contribution in [-0.4, -0.2) is 21.0 Å². The molecule has 0 saturated heterocycles. The van der Waals surface area contributed by atoms with Crippen LogP contribution in [0.1, 0.15) is 22.3 Å². The van der Waals surface area contributed by atoms with Crippen LogP contribution in [0.4, 0.5) is 0 Å². The van der Waals surface area contributed by atoms with E-state index in [2.05, 4.69) is 15.1 Å². The van der Waals surface area contributed by atoms with Crippen molar-refractivity contribution in [2.75, 3.05) is 0 Å². The van der Waals surface area contributed by atoms with Gasteiger partial charge in [0.25, 0.3) is 0 Å². The minimum atomic E-state index is -0.341. The van der Waals surface area contributed by atoms with Crippen molar-refractivity contribution in [2.24, 2.45) is 5.73 Å². The molecule has 2 heterocycles. The highest BCUT2D eigenvalue weighted by atomic mass is 32.2. The number of nitrogens with zero attached hydrogens (tertiary/aromatic N) is 3. The quantitative estimate of drug-likeness (QED) is 0.835. The predicted octanol–water partition coefficient (Wildman–Crippen LogP) is 1.46. The summed E-state index contributed by atoms with van der Waals surface area (Å²) in [4.78, 5) is 20.3. The molecular weight excluding hydrogens is 272 g/mol. The summed E-state index contributed by atoms with van der Waals surface area (Å²) >= 11 is 3.00. The third-order valence-electron chi connectivity index (χ3n) is 2.10. The number of rotatable bonds is 5. The van der Waals surface area contributed by atoms with Gasteiger partial charge in [-0.2, -0.15) is 4.98 Å². The Morgan fingerprint density at radius 3 is 2.83 bits per heavy atom. The van der Waals surface area contributed by atoms with Gasteiger partial charge in [-0.1, -0.05) is 16.9 Å². The van der Waals surface area contributed by atoms with Crippen LogP contribution in [0, 0.1) is 13.8 Å². The lowest BCUT2D eigenvalue weighted by Crippen LogP contribution is -2.13. The molecule has 0 aliphatic heterocycles. The number of carbonyl (C=O) groups excluding carboxylic acids is 1. The van der Waals surface area contributed by atoms with Crippen molar-refractivity contribution >= 4 is 29.0 Å². The van der Waals surface area contributed by atoms with Crippen molar-refractivity contribution in [3.63, 3.8) is 0 Å². The Morgan fingerprint density at radius 1 is 1.44 bits per heavy atom. The van der Waals surface area contributed by atoms with Crippen LogP contribution in [0.3, 0.4) is 0 Å². The highest BCUT2D eigenvalue weighted by Crippen LogP contribution is 2.29. The molecular formula is C10H12N4O2S2. The predicted molar refractivity (Wildman–Crippen MR) is 68.3 cm³/mol. The van der Waals surface area contributed by atoms with E-state index in [1.807, 2.05) is 6.92 Å². The third-order valence-corrected chi connectivity index (χ3v) is 4.40. The minimum absolute atomic E-state index is 0.241. The fourth-order valence-corrected chi connectivity index (χ4v) is 3.40. The van der Waals surface area contributed by atoms with Gasteiger partial charge in [-0.15, -0.1) is 11.3 Å². The van der Waals surface area contributed by atoms with Crippen molar-refractivity contribution in [3.8, 4) is 0 Å². The summed E-state index contributed by atoms with van der Waals surface area (Å²) in [7, 11) is 0. The molecule has 8 heteroatoms. The fraction of sp³-hybridized carbons (Fsp3) is 0.400. The molecule has 0 atom stereocenters. The molecule has 0 aliphatic rings. The Kier molecular flexibility index (Phi) is 3.97. The first kappa shape index (κ1) is 13.0. The maximum absolute atomic E-state index is 10.9. The molecule has 18 heavy (non-hydrogen) atoms. The minimum Gasteiger partial charge on any atom is -0.369 e. The number of aryl methyl sites for hydroxylation is 2. The molecule has 2 aromatic heterocycles. The number of nitrogens with two attached hydrogens (primary N) is 1. The molecule has 2 N–H and O–H groups in total. The van der Waals surface area contributed by atoms with Crippen LogP contribution in [0.25, 0.3) is 0 Å². The van der Waals surface area contributed by atoms with Crippen LogP contribution in [-0.2, 0) is 17.0 Å². The Labute approximate surface area is 112 Å². The molecule has 0 bridgehead atoms. The number of hydrogen-bond acceptors (Lipinski definition) is 7. The van der Waals surface area contributed by atoms with E-state index in [9.17, 15) is 4.79 Å². The number of thioether (sulfide) groups is 1. The molecule has 6 nitrogen and oxygen atoms in total. The van der Waals surface area contributed by atoms with Crippen LogP contribution in [0.5, 0.6) is 0 Å². The molecule has 0 aliphatic carbocycles. The van der Waals surface area contributed by atoms with E-state index in [0.29, 0.717) is 17.5 Å². The monoisotopic (exact) mass is 284 g/mol. The van der Waals surface area contributed by atoms with Gasteiger partial charge in [0, 0.05) is 11.8 Å². The average Bonchev–Trinajstić information content (AvgIpc) is 2.83. The highest BCUT2D eigenvalue weighted by molar-refractivity contribution is 8.00. The number of amides is 1. The summed E-state index contributed by atoms with van der Waals surface area (Å²) in [5, 5.41) is 3.80. The number of hydrogen-bond donors (Lipinski definition) is 1. The van der Waals surface area contributed by atoms with E-state index in [-0.39, 0.29) is 12.3 Å². The standard InChI is InChI=1S/C10H12N4O2S2/c1-5-7(3-8(11)15)18-10(12-5)17-4-9-13-6(2)16-14-9/h3-4H2,1-2H3,(H2,11,15). The van der Waals surface area contributed by atoms with E-state index in [4.69, 9.17) is 10.3 Å². The lowest BCUT2D eigenvalue weighted by molar-refractivity contribution is -0.117. The molecule has 0 saturated carbocycles. The van der Waals surface area contributed by atoms with E-state index in [0.717, 1.165) is 14.9 Å². The SMILES string of the molecule is Cc1nc(CSc2nc(C)c(CC(N)=O)s2)no1. The van der Waals surface area contributed by atoms with Crippen molar-refractivity contribution in [3.05, 3.63) is 22.3 Å². The molecule has 2 aromatic rings. The van der Waals surface area contributed by atoms with Crippen LogP contribution >= 0.6 is 23.1 Å². The van der Waals surface area contributed by atoms with Gasteiger partial charge in [0.15, 0.2) is 10.2 Å². The number of thiazole rings is 1. The van der Waals surface area contributed by atoms with Crippen molar-refractivity contribution in [1.82, 2.24) is 15.1 Å². The second kappa shape index (κ2) is 5.49. The normalized spacial score (nSPS) is 10.8. The molecule has 0 fully saturated rings. The molecule has 1 amide bonds. The zero-order valence-electron chi connectivity index (χ0n) is 9.97. The van der Waals surface area contributed by atoms with E-state index >= 15 is 0 Å². The second-order valence-corrected chi connectivity index (χ2v) is 5.96. The molecule has 0 radical (unpaired) electrons. The molecule has 96 valence electrons. The van der Waals surface area contributed by atoms with Crippen molar-refractivity contribution in [2.45, 2.75) is 30.4 Å². The number of carbonyl (C=O) groups is 1. The number of primary amides is 1. The van der Waals surface area contributed by atoms with Crippen LogP contribution in [0.2, 0.25) is 0 Å². The Hall–Kier alpha value is -1.41. The van der Waals surface area contributed by atoms with Gasteiger partial charge in [-0.3, -0.25) is 4.79 Å². The summed E-state index contributed by atoms with van der Waals surface area (Å²) < 4.78 is 5.76. The zero-order valence-corrected chi connectivity index (χ0v) is 11.6. The maximum atomic E-state index is 10.9. The lowest BCUT2D eigenvalue weighted by Gasteiger charge is -1.91. The first-order valence-electron chi connectivity index (χ1n) is 5.21. The first-order valence-corrected chi connectivity index (χ1v) is 7.01. The number of aromatic nitrogens is 3. The van der Waals surface area contributed by atoms with Gasteiger partial charge in [-0.25, -0.2) is 4.98 Å². The topological polar surface area (TPSA) is 94.9 Å². The smallest absolute Gasteiger partial charge is 0.223 e. The van der Waals surface area contributed by atoms with Crippen LogP contribution in [0.15, 0.2) is 8.86 Å². The summed E-state index contributed by atoms with van der Waals surface area (Å²) in [5.41, 5.74) is 6.02. The fourth-order valence-electron chi connectivity index (χ4n) is 1.31. The van der Waals surface area contributed by atoms with E-state index in [1.54, 1.807) is 6.92 Å². The van der Waals surface area contributed by atoms with E-state index in [1.165, 1.54) is 23.1 Å².